The third-order valence-electron chi connectivity index (χ3n) is 10.4. The van der Waals surface area contributed by atoms with Crippen LogP contribution in [-0.4, -0.2) is 68.4 Å². The highest BCUT2D eigenvalue weighted by atomic mass is 16.2. The number of carbonyl (C=O) groups is 4. The Morgan fingerprint density at radius 3 is 1.52 bits per heavy atom. The highest BCUT2D eigenvalue weighted by Gasteiger charge is 2.31. The largest absolute Gasteiger partial charge is 0.339 e. The maximum atomic E-state index is 13.0. The van der Waals surface area contributed by atoms with Crippen LogP contribution in [0.4, 0.5) is 11.4 Å². The fourth-order valence-corrected chi connectivity index (χ4v) is 7.68. The quantitative estimate of drug-likeness (QED) is 0.146. The number of likely N-dealkylation sites (tertiary alicyclic amines) is 2. The minimum atomic E-state index is -0.110. The maximum absolute atomic E-state index is 13.0. The van der Waals surface area contributed by atoms with Crippen molar-refractivity contribution in [3.05, 3.63) is 126 Å². The molecule has 0 spiro atoms. The van der Waals surface area contributed by atoms with Crippen LogP contribution in [-0.2, 0) is 39.1 Å². The number of anilines is 2. The van der Waals surface area contributed by atoms with Gasteiger partial charge in [0.1, 0.15) is 0 Å². The van der Waals surface area contributed by atoms with E-state index in [9.17, 15) is 19.2 Å². The van der Waals surface area contributed by atoms with E-state index in [-0.39, 0.29) is 48.6 Å². The van der Waals surface area contributed by atoms with Crippen LogP contribution in [0.2, 0.25) is 0 Å². The lowest BCUT2D eigenvalue weighted by molar-refractivity contribution is -0.133. The molecular weight excluding hydrogens is 677 g/mol. The van der Waals surface area contributed by atoms with E-state index in [0.717, 1.165) is 59.3 Å². The number of hydrogen-bond donors (Lipinski definition) is 2. The van der Waals surface area contributed by atoms with Crippen LogP contribution in [0.5, 0.6) is 0 Å². The summed E-state index contributed by atoms with van der Waals surface area (Å²) in [7, 11) is 1.90. The van der Waals surface area contributed by atoms with Gasteiger partial charge in [0.2, 0.25) is 23.6 Å². The van der Waals surface area contributed by atoms with Gasteiger partial charge >= 0.3 is 0 Å². The van der Waals surface area contributed by atoms with E-state index in [2.05, 4.69) is 10.6 Å². The Bertz CT molecular complexity index is 2080. The van der Waals surface area contributed by atoms with Crippen molar-refractivity contribution in [1.82, 2.24) is 19.6 Å². The van der Waals surface area contributed by atoms with Crippen LogP contribution in [0, 0.1) is 0 Å². The van der Waals surface area contributed by atoms with Gasteiger partial charge in [0, 0.05) is 62.0 Å². The molecule has 10 nitrogen and oxygen atoms in total. The Morgan fingerprint density at radius 1 is 0.611 bits per heavy atom. The number of carbonyl (C=O) groups excluding carboxylic acids is 4. The average Bonchev–Trinajstić information content (AvgIpc) is 3.93. The van der Waals surface area contributed by atoms with Gasteiger partial charge in [0.05, 0.1) is 24.2 Å². The number of benzene rings is 4. The number of nitrogens with one attached hydrogen (secondary N) is 2. The molecule has 2 atom stereocenters. The highest BCUT2D eigenvalue weighted by molar-refractivity contribution is 5.93. The molecule has 0 bridgehead atoms. The van der Waals surface area contributed by atoms with Gasteiger partial charge in [-0.2, -0.15) is 5.10 Å². The first kappa shape index (κ1) is 36.3. The topological polar surface area (TPSA) is 117 Å². The number of amides is 4. The van der Waals surface area contributed by atoms with Crippen molar-refractivity contribution in [2.24, 2.45) is 7.05 Å². The molecule has 0 unspecified atom stereocenters. The maximum Gasteiger partial charge on any atom is 0.227 e. The minimum Gasteiger partial charge on any atom is -0.339 e. The van der Waals surface area contributed by atoms with Crippen molar-refractivity contribution < 1.29 is 19.2 Å². The van der Waals surface area contributed by atoms with E-state index in [1.165, 1.54) is 0 Å². The van der Waals surface area contributed by atoms with Gasteiger partial charge in [0.15, 0.2) is 0 Å². The van der Waals surface area contributed by atoms with Gasteiger partial charge in [-0.25, -0.2) is 0 Å². The summed E-state index contributed by atoms with van der Waals surface area (Å²) in [5.41, 5.74) is 6.93. The third kappa shape index (κ3) is 8.94. The Balaban J connectivity index is 0.905. The monoisotopic (exact) mass is 722 g/mol. The third-order valence-corrected chi connectivity index (χ3v) is 10.4. The molecule has 2 fully saturated rings. The highest BCUT2D eigenvalue weighted by Crippen LogP contribution is 2.29. The molecule has 2 N–H and O–H groups in total. The van der Waals surface area contributed by atoms with Crippen LogP contribution in [0.25, 0.3) is 22.5 Å². The normalized spacial score (nSPS) is 16.7. The predicted molar refractivity (Wildman–Crippen MR) is 210 cm³/mol. The molecule has 2 aliphatic heterocycles. The second-order valence-electron chi connectivity index (χ2n) is 14.3. The summed E-state index contributed by atoms with van der Waals surface area (Å²) in [6, 6.07) is 36.6. The van der Waals surface area contributed by atoms with Crippen LogP contribution >= 0.6 is 0 Å². The number of hydrogen-bond acceptors (Lipinski definition) is 5. The van der Waals surface area contributed by atoms with Crippen LogP contribution < -0.4 is 10.6 Å². The van der Waals surface area contributed by atoms with Crippen molar-refractivity contribution >= 4 is 35.0 Å². The smallest absolute Gasteiger partial charge is 0.227 e. The Morgan fingerprint density at radius 2 is 1.06 bits per heavy atom. The average molecular weight is 723 g/mol. The number of rotatable bonds is 12. The molecule has 10 heteroatoms. The van der Waals surface area contributed by atoms with Gasteiger partial charge in [0.25, 0.3) is 0 Å². The second kappa shape index (κ2) is 16.8. The lowest BCUT2D eigenvalue weighted by Crippen LogP contribution is -2.38. The first-order valence-corrected chi connectivity index (χ1v) is 18.8. The fraction of sp³-hybridized carbons (Fsp3) is 0.295. The lowest BCUT2D eigenvalue weighted by Gasteiger charge is -2.24. The zero-order valence-corrected chi connectivity index (χ0v) is 30.6. The molecule has 0 aliphatic carbocycles. The van der Waals surface area contributed by atoms with E-state index in [1.807, 2.05) is 137 Å². The Hall–Kier alpha value is -6.03. The van der Waals surface area contributed by atoms with Gasteiger partial charge in [-0.15, -0.1) is 0 Å². The van der Waals surface area contributed by atoms with Gasteiger partial charge in [-0.05, 0) is 72.7 Å². The zero-order chi connectivity index (χ0) is 37.4. The van der Waals surface area contributed by atoms with Crippen molar-refractivity contribution in [2.75, 3.05) is 23.7 Å². The molecule has 2 saturated heterocycles. The van der Waals surface area contributed by atoms with Crippen molar-refractivity contribution in [3.63, 3.8) is 0 Å². The zero-order valence-electron chi connectivity index (χ0n) is 30.6. The Kier molecular flexibility index (Phi) is 11.3. The standard InChI is InChI=1S/C44H46N6O4/c1-48-40(34-18-22-36(23-19-34)46-42(52)29-38-15-9-25-50(38)44(54)27-32-12-6-3-7-13-32)30-39(47-48)33-16-20-35(21-17-33)45-41(51)28-37-14-8-24-49(37)43(53)26-31-10-4-2-5-11-31/h2-7,10-13,16-23,30,37-38H,8-9,14-15,24-29H2,1H3,(H,45,51)(H,46,52)/t37-,38-/m0/s1. The summed E-state index contributed by atoms with van der Waals surface area (Å²) >= 11 is 0. The van der Waals surface area contributed by atoms with Crippen molar-refractivity contribution in [2.45, 2.75) is 63.5 Å². The van der Waals surface area contributed by atoms with E-state index in [0.29, 0.717) is 37.3 Å². The number of aromatic nitrogens is 2. The summed E-state index contributed by atoms with van der Waals surface area (Å²) in [5.74, 6) is -0.0877. The minimum absolute atomic E-state index is 0.0644. The number of nitrogens with zero attached hydrogens (tertiary/aromatic N) is 4. The van der Waals surface area contributed by atoms with Gasteiger partial charge < -0.3 is 20.4 Å². The molecule has 276 valence electrons. The lowest BCUT2D eigenvalue weighted by atomic mass is 10.1. The molecular formula is C44H46N6O4. The molecule has 54 heavy (non-hydrogen) atoms. The van der Waals surface area contributed by atoms with Crippen LogP contribution in [0.3, 0.4) is 0 Å². The van der Waals surface area contributed by atoms with Gasteiger partial charge in [-0.1, -0.05) is 84.9 Å². The first-order chi connectivity index (χ1) is 26.3. The first-order valence-electron chi connectivity index (χ1n) is 18.8. The fourth-order valence-electron chi connectivity index (χ4n) is 7.68. The summed E-state index contributed by atoms with van der Waals surface area (Å²) in [4.78, 5) is 55.7. The SMILES string of the molecule is Cn1nc(-c2ccc(NC(=O)C[C@@H]3CCCN3C(=O)Cc3ccccc3)cc2)cc1-c1ccc(NC(=O)C[C@@H]2CCCN2C(=O)Cc2ccccc2)cc1. The van der Waals surface area contributed by atoms with E-state index in [1.54, 1.807) is 0 Å². The molecule has 4 amide bonds. The van der Waals surface area contributed by atoms with Crippen LogP contribution in [0.1, 0.15) is 49.7 Å². The van der Waals surface area contributed by atoms with Gasteiger partial charge in [-0.3, -0.25) is 23.9 Å². The summed E-state index contributed by atoms with van der Waals surface area (Å²) < 4.78 is 1.83. The van der Waals surface area contributed by atoms with Crippen molar-refractivity contribution in [3.8, 4) is 22.5 Å². The number of aryl methyl sites for hydroxylation is 1. The molecule has 2 aliphatic rings. The molecule has 4 aromatic carbocycles. The summed E-state index contributed by atoms with van der Waals surface area (Å²) in [5, 5.41) is 10.8. The molecule has 3 heterocycles. The Labute approximate surface area is 316 Å². The summed E-state index contributed by atoms with van der Waals surface area (Å²) in [6.45, 7) is 1.37. The van der Waals surface area contributed by atoms with Crippen LogP contribution in [0.15, 0.2) is 115 Å². The predicted octanol–water partition coefficient (Wildman–Crippen LogP) is 6.88. The van der Waals surface area contributed by atoms with E-state index in [4.69, 9.17) is 5.10 Å². The second-order valence-corrected chi connectivity index (χ2v) is 14.3. The molecule has 0 saturated carbocycles. The van der Waals surface area contributed by atoms with Crippen molar-refractivity contribution in [1.29, 1.82) is 0 Å². The molecule has 1 aromatic heterocycles. The van der Waals surface area contributed by atoms with E-state index < -0.39 is 0 Å². The molecule has 0 radical (unpaired) electrons. The van der Waals surface area contributed by atoms with E-state index >= 15 is 0 Å². The molecule has 7 rings (SSSR count). The summed E-state index contributed by atoms with van der Waals surface area (Å²) in [6.07, 6.45) is 4.69. The molecule has 5 aromatic rings.